The first-order valence-electron chi connectivity index (χ1n) is 10.0. The number of anilines is 1. The Balaban J connectivity index is 1.61. The van der Waals surface area contributed by atoms with Gasteiger partial charge in [0.1, 0.15) is 5.60 Å². The maximum Gasteiger partial charge on any atom is 0.412 e. The van der Waals surface area contributed by atoms with Gasteiger partial charge >= 0.3 is 6.09 Å². The van der Waals surface area contributed by atoms with Crippen molar-refractivity contribution in [3.8, 4) is 11.3 Å². The van der Waals surface area contributed by atoms with Crippen LogP contribution in [0.5, 0.6) is 0 Å². The monoisotopic (exact) mass is 452 g/mol. The fourth-order valence-electron chi connectivity index (χ4n) is 2.80. The van der Waals surface area contributed by atoms with Crippen molar-refractivity contribution in [2.24, 2.45) is 0 Å². The summed E-state index contributed by atoms with van der Waals surface area (Å²) in [7, 11) is 0. The lowest BCUT2D eigenvalue weighted by Crippen LogP contribution is -2.27. The number of carbonyl (C=O) groups is 3. The van der Waals surface area contributed by atoms with Gasteiger partial charge in [0.2, 0.25) is 0 Å². The van der Waals surface area contributed by atoms with E-state index in [4.69, 9.17) is 14.5 Å². The Hall–Kier alpha value is -4.18. The van der Waals surface area contributed by atoms with Gasteiger partial charge in [-0.25, -0.2) is 10.3 Å². The predicted molar refractivity (Wildman–Crippen MR) is 119 cm³/mol. The molecular weight excluding hydrogens is 428 g/mol. The Morgan fingerprint density at radius 1 is 1.03 bits per heavy atom. The Kier molecular flexibility index (Phi) is 7.09. The second-order valence-corrected chi connectivity index (χ2v) is 8.10. The summed E-state index contributed by atoms with van der Waals surface area (Å²) in [6.07, 6.45) is -0.581. The lowest BCUT2D eigenvalue weighted by atomic mass is 10.1. The summed E-state index contributed by atoms with van der Waals surface area (Å²) in [6.45, 7) is 5.52. The van der Waals surface area contributed by atoms with Gasteiger partial charge in [-0.15, -0.1) is 0 Å². The Morgan fingerprint density at radius 2 is 1.76 bits per heavy atom. The molecule has 0 aliphatic heterocycles. The van der Waals surface area contributed by atoms with Gasteiger partial charge in [0.05, 0.1) is 0 Å². The molecule has 0 spiro atoms. The van der Waals surface area contributed by atoms with Crippen LogP contribution >= 0.6 is 0 Å². The Morgan fingerprint density at radius 3 is 2.42 bits per heavy atom. The van der Waals surface area contributed by atoms with E-state index < -0.39 is 23.5 Å². The lowest BCUT2D eigenvalue weighted by molar-refractivity contribution is 0.0635. The van der Waals surface area contributed by atoms with Crippen LogP contribution in [0.2, 0.25) is 0 Å². The van der Waals surface area contributed by atoms with Gasteiger partial charge in [-0.3, -0.25) is 20.1 Å². The first-order chi connectivity index (χ1) is 15.6. The van der Waals surface area contributed by atoms with Crippen molar-refractivity contribution in [1.29, 1.82) is 0 Å². The zero-order chi connectivity index (χ0) is 24.0. The second kappa shape index (κ2) is 9.96. The number of carbonyl (C=O) groups excluding carboxylic acids is 3. The van der Waals surface area contributed by atoms with Crippen LogP contribution in [0, 0.1) is 0 Å². The minimum atomic E-state index is -0.620. The summed E-state index contributed by atoms with van der Waals surface area (Å²) in [5.74, 6) is -0.705. The number of hydrogen-bond donors (Lipinski definition) is 4. The van der Waals surface area contributed by atoms with Crippen molar-refractivity contribution in [1.82, 2.24) is 16.0 Å². The van der Waals surface area contributed by atoms with E-state index in [1.54, 1.807) is 62.6 Å². The molecule has 33 heavy (non-hydrogen) atoms. The highest BCUT2D eigenvalue weighted by atomic mass is 16.6. The van der Waals surface area contributed by atoms with Crippen LogP contribution in [0.1, 0.15) is 47.2 Å². The zero-order valence-corrected chi connectivity index (χ0v) is 18.3. The summed E-state index contributed by atoms with van der Waals surface area (Å²) in [5, 5.41) is 17.8. The highest BCUT2D eigenvalue weighted by molar-refractivity contribution is 5.94. The fourth-order valence-corrected chi connectivity index (χ4v) is 2.80. The van der Waals surface area contributed by atoms with Gasteiger partial charge in [0, 0.05) is 29.4 Å². The molecular formula is C23H24N4O6. The number of nitrogens with zero attached hydrogens (tertiary/aromatic N) is 1. The molecule has 1 heterocycles. The average Bonchev–Trinajstić information content (AvgIpc) is 3.26. The molecule has 2 aromatic carbocycles. The summed E-state index contributed by atoms with van der Waals surface area (Å²) >= 11 is 0. The molecule has 3 amide bonds. The van der Waals surface area contributed by atoms with Gasteiger partial charge in [-0.1, -0.05) is 29.4 Å². The van der Waals surface area contributed by atoms with Crippen molar-refractivity contribution in [3.63, 3.8) is 0 Å². The van der Waals surface area contributed by atoms with Gasteiger partial charge in [0.15, 0.2) is 11.5 Å². The molecule has 0 atom stereocenters. The van der Waals surface area contributed by atoms with E-state index in [1.165, 1.54) is 18.2 Å². The number of amides is 3. The molecule has 1 aromatic heterocycles. The lowest BCUT2D eigenvalue weighted by Gasteiger charge is -2.19. The first kappa shape index (κ1) is 23.5. The van der Waals surface area contributed by atoms with E-state index >= 15 is 0 Å². The van der Waals surface area contributed by atoms with Crippen molar-refractivity contribution >= 4 is 23.6 Å². The third-order valence-corrected chi connectivity index (χ3v) is 4.31. The molecule has 0 saturated heterocycles. The molecule has 3 rings (SSSR count). The van der Waals surface area contributed by atoms with Gasteiger partial charge in [-0.2, -0.15) is 0 Å². The molecule has 0 radical (unpaired) electrons. The number of hydroxylamine groups is 1. The van der Waals surface area contributed by atoms with Gasteiger partial charge in [-0.05, 0) is 50.6 Å². The molecule has 172 valence electrons. The van der Waals surface area contributed by atoms with E-state index in [9.17, 15) is 14.4 Å². The summed E-state index contributed by atoms with van der Waals surface area (Å²) in [4.78, 5) is 35.7. The van der Waals surface area contributed by atoms with Crippen molar-refractivity contribution in [2.45, 2.75) is 32.9 Å². The Labute approximate surface area is 189 Å². The fraction of sp³-hybridized carbons (Fsp3) is 0.217. The van der Waals surface area contributed by atoms with Crippen molar-refractivity contribution in [3.05, 3.63) is 71.4 Å². The van der Waals surface area contributed by atoms with Crippen LogP contribution < -0.4 is 16.1 Å². The second-order valence-electron chi connectivity index (χ2n) is 8.10. The molecule has 0 unspecified atom stereocenters. The van der Waals surface area contributed by atoms with Crippen LogP contribution in [-0.2, 0) is 11.3 Å². The summed E-state index contributed by atoms with van der Waals surface area (Å²) in [5.41, 5.74) is 3.19. The van der Waals surface area contributed by atoms with Crippen LogP contribution in [0.25, 0.3) is 11.3 Å². The third kappa shape index (κ3) is 6.65. The normalized spacial score (nSPS) is 10.9. The molecule has 0 bridgehead atoms. The van der Waals surface area contributed by atoms with Crippen LogP contribution in [0.4, 0.5) is 10.5 Å². The van der Waals surface area contributed by atoms with Gasteiger partial charge < -0.3 is 14.6 Å². The maximum atomic E-state index is 12.4. The number of rotatable bonds is 6. The molecule has 0 aliphatic rings. The highest BCUT2D eigenvalue weighted by Crippen LogP contribution is 2.24. The Bertz CT molecular complexity index is 1150. The summed E-state index contributed by atoms with van der Waals surface area (Å²) in [6, 6.07) is 14.7. The number of hydrogen-bond acceptors (Lipinski definition) is 7. The largest absolute Gasteiger partial charge is 0.444 e. The molecule has 3 aromatic rings. The predicted octanol–water partition coefficient (Wildman–Crippen LogP) is 3.74. The standard InChI is InChI=1S/C23H24N4O6/c1-23(2,3)32-22(30)25-17-6-4-5-16(11-17)19-12-18(27-33-19)21(29)24-13-14-7-9-15(10-8-14)20(28)26-31/h4-12,31H,13H2,1-3H3,(H,24,29)(H,25,30)(H,26,28). The van der Waals surface area contributed by atoms with E-state index in [0.717, 1.165) is 5.56 Å². The molecule has 0 fully saturated rings. The van der Waals surface area contributed by atoms with E-state index in [2.05, 4.69) is 15.8 Å². The van der Waals surface area contributed by atoms with Crippen LogP contribution in [0.3, 0.4) is 0 Å². The first-order valence-corrected chi connectivity index (χ1v) is 10.0. The van der Waals surface area contributed by atoms with E-state index in [1.807, 2.05) is 0 Å². The molecule has 0 saturated carbocycles. The highest BCUT2D eigenvalue weighted by Gasteiger charge is 2.17. The smallest absolute Gasteiger partial charge is 0.412 e. The molecule has 0 aliphatic carbocycles. The third-order valence-electron chi connectivity index (χ3n) is 4.31. The van der Waals surface area contributed by atoms with Crippen LogP contribution in [0.15, 0.2) is 59.1 Å². The van der Waals surface area contributed by atoms with Gasteiger partial charge in [0.25, 0.3) is 11.8 Å². The topological polar surface area (TPSA) is 143 Å². The maximum absolute atomic E-state index is 12.4. The zero-order valence-electron chi connectivity index (χ0n) is 18.3. The minimum absolute atomic E-state index is 0.0896. The van der Waals surface area contributed by atoms with Crippen molar-refractivity contribution in [2.75, 3.05) is 5.32 Å². The number of nitrogens with one attached hydrogen (secondary N) is 3. The quantitative estimate of drug-likeness (QED) is 0.330. The SMILES string of the molecule is CC(C)(C)OC(=O)Nc1cccc(-c2cc(C(=O)NCc3ccc(C(=O)NO)cc3)no2)c1. The van der Waals surface area contributed by atoms with E-state index in [-0.39, 0.29) is 17.8 Å². The number of benzene rings is 2. The molecule has 10 heteroatoms. The number of aromatic nitrogens is 1. The van der Waals surface area contributed by atoms with E-state index in [0.29, 0.717) is 17.0 Å². The number of ether oxygens (including phenoxy) is 1. The average molecular weight is 452 g/mol. The summed E-state index contributed by atoms with van der Waals surface area (Å²) < 4.78 is 10.5. The molecule has 4 N–H and O–H groups in total. The minimum Gasteiger partial charge on any atom is -0.444 e. The van der Waals surface area contributed by atoms with Crippen molar-refractivity contribution < 1.29 is 28.9 Å². The molecule has 10 nitrogen and oxygen atoms in total. The van der Waals surface area contributed by atoms with Crippen LogP contribution in [-0.4, -0.2) is 33.9 Å².